The van der Waals surface area contributed by atoms with Crippen molar-refractivity contribution < 1.29 is 4.79 Å². The highest BCUT2D eigenvalue weighted by Crippen LogP contribution is 2.38. The lowest BCUT2D eigenvalue weighted by molar-refractivity contribution is -0.127. The fourth-order valence-corrected chi connectivity index (χ4v) is 6.16. The molecule has 0 N–H and O–H groups in total. The van der Waals surface area contributed by atoms with Gasteiger partial charge in [-0.05, 0) is 45.1 Å². The Balaban J connectivity index is 1.62. The van der Waals surface area contributed by atoms with Gasteiger partial charge in [-0.2, -0.15) is 0 Å². The second-order valence-corrected chi connectivity index (χ2v) is 9.73. The van der Waals surface area contributed by atoms with Crippen LogP contribution in [-0.4, -0.2) is 39.6 Å². The van der Waals surface area contributed by atoms with E-state index < -0.39 is 0 Å². The van der Waals surface area contributed by atoms with Crippen molar-refractivity contribution in [3.8, 4) is 0 Å². The number of amides is 1. The third kappa shape index (κ3) is 3.63. The average Bonchev–Trinajstić information content (AvgIpc) is 3.29. The van der Waals surface area contributed by atoms with Crippen molar-refractivity contribution in [3.63, 3.8) is 0 Å². The summed E-state index contributed by atoms with van der Waals surface area (Å²) in [4.78, 5) is 26.8. The minimum absolute atomic E-state index is 0.253. The molecule has 0 atom stereocenters. The quantitative estimate of drug-likeness (QED) is 0.541. The zero-order chi connectivity index (χ0) is 18.1. The Hall–Kier alpha value is -1.14. The first-order valence-corrected chi connectivity index (χ1v) is 11.6. The van der Waals surface area contributed by atoms with Crippen LogP contribution in [-0.2, 0) is 4.79 Å². The van der Waals surface area contributed by atoms with Crippen LogP contribution < -0.4 is 0 Å². The predicted molar refractivity (Wildman–Crippen MR) is 109 cm³/mol. The Bertz CT molecular complexity index is 805. The summed E-state index contributed by atoms with van der Waals surface area (Å²) >= 11 is 3.39. The third-order valence-corrected chi connectivity index (χ3v) is 7.84. The number of aryl methyl sites for hydroxylation is 2. The van der Waals surface area contributed by atoms with E-state index in [1.54, 1.807) is 23.1 Å². The Kier molecular flexibility index (Phi) is 5.50. The van der Waals surface area contributed by atoms with Gasteiger partial charge in [0.1, 0.15) is 15.7 Å². The summed E-state index contributed by atoms with van der Waals surface area (Å²) in [6, 6.07) is 0. The third-order valence-electron chi connectivity index (χ3n) is 5.77. The molecule has 0 radical (unpaired) electrons. The molecule has 0 bridgehead atoms. The number of fused-ring (bicyclic) bond motifs is 1. The number of carbonyl (C=O) groups is 1. The number of hydrogen-bond donors (Lipinski definition) is 0. The molecule has 1 aliphatic heterocycles. The van der Waals surface area contributed by atoms with Gasteiger partial charge in [0, 0.05) is 29.3 Å². The minimum Gasteiger partial charge on any atom is -0.342 e. The Morgan fingerprint density at radius 1 is 1.12 bits per heavy atom. The minimum atomic E-state index is 0.253. The van der Waals surface area contributed by atoms with Crippen molar-refractivity contribution in [1.29, 1.82) is 0 Å². The molecule has 0 aromatic carbocycles. The molecule has 1 amide bonds. The summed E-state index contributed by atoms with van der Waals surface area (Å²) in [5.74, 6) is 2.24. The summed E-state index contributed by atoms with van der Waals surface area (Å²) in [5.41, 5.74) is 1.27. The van der Waals surface area contributed by atoms with Gasteiger partial charge in [-0.25, -0.2) is 9.97 Å². The Morgan fingerprint density at radius 2 is 1.85 bits per heavy atom. The molecule has 2 aromatic heterocycles. The van der Waals surface area contributed by atoms with E-state index in [-0.39, 0.29) is 5.91 Å². The van der Waals surface area contributed by atoms with E-state index in [1.165, 1.54) is 47.9 Å². The van der Waals surface area contributed by atoms with Gasteiger partial charge < -0.3 is 4.90 Å². The van der Waals surface area contributed by atoms with Crippen molar-refractivity contribution >= 4 is 39.2 Å². The smallest absolute Gasteiger partial charge is 0.232 e. The number of thioether (sulfide) groups is 1. The van der Waals surface area contributed by atoms with E-state index in [1.807, 2.05) is 4.90 Å². The van der Waals surface area contributed by atoms with Gasteiger partial charge in [-0.15, -0.1) is 11.3 Å². The van der Waals surface area contributed by atoms with Gasteiger partial charge in [0.15, 0.2) is 0 Å². The second-order valence-electron chi connectivity index (χ2n) is 7.56. The molecule has 6 heteroatoms. The summed E-state index contributed by atoms with van der Waals surface area (Å²) in [6.45, 7) is 6.15. The molecule has 4 rings (SSSR count). The summed E-state index contributed by atoms with van der Waals surface area (Å²) < 4.78 is 0. The number of likely N-dealkylation sites (tertiary alicyclic amines) is 1. The Labute approximate surface area is 163 Å². The van der Waals surface area contributed by atoms with E-state index in [0.717, 1.165) is 41.6 Å². The molecule has 1 saturated carbocycles. The standard InChI is InChI=1S/C20H27N3OS2/c1-13-14(2)26-20-17(13)19(25-12-16(24)23-10-6-7-11-23)21-18(22-20)15-8-4-3-5-9-15/h15H,3-12H2,1-2H3. The molecule has 0 spiro atoms. The predicted octanol–water partition coefficient (Wildman–Crippen LogP) is 5.07. The number of thiophene rings is 1. The highest BCUT2D eigenvalue weighted by molar-refractivity contribution is 8.00. The van der Waals surface area contributed by atoms with Crippen molar-refractivity contribution in [3.05, 3.63) is 16.3 Å². The van der Waals surface area contributed by atoms with Crippen LogP contribution >= 0.6 is 23.1 Å². The lowest BCUT2D eigenvalue weighted by Crippen LogP contribution is -2.29. The van der Waals surface area contributed by atoms with E-state index in [0.29, 0.717) is 11.7 Å². The van der Waals surface area contributed by atoms with Crippen LogP contribution in [0.2, 0.25) is 0 Å². The number of nitrogens with zero attached hydrogens (tertiary/aromatic N) is 3. The molecular formula is C20H27N3OS2. The van der Waals surface area contributed by atoms with Gasteiger partial charge in [0.2, 0.25) is 5.91 Å². The number of carbonyl (C=O) groups excluding carboxylic acids is 1. The van der Waals surface area contributed by atoms with Crippen molar-refractivity contribution in [2.24, 2.45) is 0 Å². The first-order valence-electron chi connectivity index (χ1n) is 9.81. The van der Waals surface area contributed by atoms with Gasteiger partial charge in [0.05, 0.1) is 5.75 Å². The lowest BCUT2D eigenvalue weighted by Gasteiger charge is -2.21. The largest absolute Gasteiger partial charge is 0.342 e. The van der Waals surface area contributed by atoms with Crippen LogP contribution in [0, 0.1) is 13.8 Å². The molecule has 4 nitrogen and oxygen atoms in total. The fraction of sp³-hybridized carbons (Fsp3) is 0.650. The van der Waals surface area contributed by atoms with E-state index in [4.69, 9.17) is 9.97 Å². The van der Waals surface area contributed by atoms with Crippen LogP contribution in [0.5, 0.6) is 0 Å². The highest BCUT2D eigenvalue weighted by Gasteiger charge is 2.23. The number of aromatic nitrogens is 2. The normalized spacial score (nSPS) is 18.8. The number of hydrogen-bond acceptors (Lipinski definition) is 5. The van der Waals surface area contributed by atoms with Crippen LogP contribution in [0.4, 0.5) is 0 Å². The number of rotatable bonds is 4. The van der Waals surface area contributed by atoms with Gasteiger partial charge in [-0.1, -0.05) is 31.0 Å². The van der Waals surface area contributed by atoms with E-state index >= 15 is 0 Å². The van der Waals surface area contributed by atoms with Crippen LogP contribution in [0.15, 0.2) is 5.03 Å². The van der Waals surface area contributed by atoms with Gasteiger partial charge in [-0.3, -0.25) is 4.79 Å². The van der Waals surface area contributed by atoms with Crippen LogP contribution in [0.1, 0.15) is 67.1 Å². The zero-order valence-corrected chi connectivity index (χ0v) is 17.3. The maximum absolute atomic E-state index is 12.5. The molecule has 3 heterocycles. The topological polar surface area (TPSA) is 46.1 Å². The van der Waals surface area contributed by atoms with Crippen molar-refractivity contribution in [2.45, 2.75) is 69.7 Å². The molecule has 26 heavy (non-hydrogen) atoms. The maximum Gasteiger partial charge on any atom is 0.232 e. The maximum atomic E-state index is 12.5. The lowest BCUT2D eigenvalue weighted by atomic mass is 9.89. The Morgan fingerprint density at radius 3 is 2.58 bits per heavy atom. The van der Waals surface area contributed by atoms with Gasteiger partial charge in [0.25, 0.3) is 0 Å². The SMILES string of the molecule is Cc1sc2nc(C3CCCCC3)nc(SCC(=O)N3CCCC3)c2c1C. The summed E-state index contributed by atoms with van der Waals surface area (Å²) in [5, 5.41) is 2.19. The first kappa shape index (κ1) is 18.2. The van der Waals surface area contributed by atoms with Crippen LogP contribution in [0.25, 0.3) is 10.2 Å². The summed E-state index contributed by atoms with van der Waals surface area (Å²) in [7, 11) is 0. The van der Waals surface area contributed by atoms with Gasteiger partial charge >= 0.3 is 0 Å². The molecule has 2 aliphatic rings. The molecule has 2 fully saturated rings. The summed E-state index contributed by atoms with van der Waals surface area (Å²) in [6.07, 6.45) is 8.58. The van der Waals surface area contributed by atoms with Crippen LogP contribution in [0.3, 0.4) is 0 Å². The second kappa shape index (κ2) is 7.85. The van der Waals surface area contributed by atoms with E-state index in [9.17, 15) is 4.79 Å². The molecule has 2 aromatic rings. The zero-order valence-electron chi connectivity index (χ0n) is 15.7. The molecular weight excluding hydrogens is 362 g/mol. The fourth-order valence-electron chi connectivity index (χ4n) is 4.06. The molecule has 0 unspecified atom stereocenters. The first-order chi connectivity index (χ1) is 12.6. The highest BCUT2D eigenvalue weighted by atomic mass is 32.2. The monoisotopic (exact) mass is 389 g/mol. The van der Waals surface area contributed by atoms with E-state index in [2.05, 4.69) is 13.8 Å². The average molecular weight is 390 g/mol. The molecule has 1 saturated heterocycles. The molecule has 140 valence electrons. The van der Waals surface area contributed by atoms with Crippen molar-refractivity contribution in [2.75, 3.05) is 18.8 Å². The van der Waals surface area contributed by atoms with Crippen molar-refractivity contribution in [1.82, 2.24) is 14.9 Å². The molecule has 1 aliphatic carbocycles.